The van der Waals surface area contributed by atoms with Gasteiger partial charge in [0.05, 0.1) is 33.8 Å². The lowest BCUT2D eigenvalue weighted by Gasteiger charge is -2.27. The van der Waals surface area contributed by atoms with E-state index in [9.17, 15) is 19.0 Å². The average molecular weight is 1100 g/mol. The minimum atomic E-state index is -4.47. The Morgan fingerprint density at radius 2 is 0.844 bits per heavy atom. The maximum Gasteiger partial charge on any atom is 0.472 e. The molecule has 0 aliphatic heterocycles. The van der Waals surface area contributed by atoms with E-state index in [0.717, 1.165) is 77.0 Å². The summed E-state index contributed by atoms with van der Waals surface area (Å²) in [6, 6.07) is -0.895. The number of quaternary nitrogens is 1. The number of likely N-dealkylation sites (N-methyl/N-ethyl adjacent to an activating group) is 1. The van der Waals surface area contributed by atoms with Crippen LogP contribution in [0.5, 0.6) is 0 Å². The molecule has 0 spiro atoms. The molecule has 0 fully saturated rings. The van der Waals surface area contributed by atoms with Crippen LogP contribution in [0.1, 0.15) is 265 Å². The van der Waals surface area contributed by atoms with Gasteiger partial charge in [-0.3, -0.25) is 18.6 Å². The van der Waals surface area contributed by atoms with Crippen molar-refractivity contribution in [2.45, 2.75) is 277 Å². The van der Waals surface area contributed by atoms with Crippen molar-refractivity contribution in [3.8, 4) is 0 Å². The van der Waals surface area contributed by atoms with Gasteiger partial charge in [-0.15, -0.1) is 0 Å². The first-order valence-corrected chi connectivity index (χ1v) is 33.1. The lowest BCUT2D eigenvalue weighted by atomic mass is 10.0. The Morgan fingerprint density at radius 1 is 0.468 bits per heavy atom. The molecule has 0 saturated heterocycles. The second-order valence-electron chi connectivity index (χ2n) is 22.2. The quantitative estimate of drug-likeness (QED) is 0.0205. The van der Waals surface area contributed by atoms with Crippen LogP contribution in [0, 0.1) is 0 Å². The minimum Gasteiger partial charge on any atom is -0.456 e. The topological polar surface area (TPSA) is 111 Å². The number of rotatable bonds is 56. The molecule has 3 atom stereocenters. The second kappa shape index (κ2) is 56.2. The molecule has 0 aromatic rings. The van der Waals surface area contributed by atoms with Crippen LogP contribution in [-0.2, 0) is 27.9 Å². The fourth-order valence-electron chi connectivity index (χ4n) is 8.66. The van der Waals surface area contributed by atoms with E-state index in [-0.39, 0.29) is 37.9 Å². The molecule has 0 bridgehead atoms. The van der Waals surface area contributed by atoms with Gasteiger partial charge in [0.25, 0.3) is 0 Å². The van der Waals surface area contributed by atoms with Crippen LogP contribution in [0.2, 0.25) is 0 Å². The maximum absolute atomic E-state index is 13.5. The molecule has 0 aliphatic rings. The minimum absolute atomic E-state index is 0.0226. The van der Waals surface area contributed by atoms with Gasteiger partial charge in [-0.2, -0.15) is 0 Å². The van der Waals surface area contributed by atoms with E-state index in [1.165, 1.54) is 148 Å². The zero-order chi connectivity index (χ0) is 56.4. The molecule has 0 radical (unpaired) electrons. The van der Waals surface area contributed by atoms with Crippen LogP contribution >= 0.6 is 7.82 Å². The predicted octanol–water partition coefficient (Wildman–Crippen LogP) is 19.6. The third-order valence-electron chi connectivity index (χ3n) is 13.5. The molecule has 0 saturated carbocycles. The van der Waals surface area contributed by atoms with Crippen molar-refractivity contribution < 1.29 is 37.3 Å². The second-order valence-corrected chi connectivity index (χ2v) is 23.6. The lowest BCUT2D eigenvalue weighted by molar-refractivity contribution is -0.870. The molecule has 0 aromatic heterocycles. The van der Waals surface area contributed by atoms with E-state index in [1.807, 2.05) is 39.4 Å². The number of unbranched alkanes of at least 4 members (excludes halogenated alkanes) is 26. The Labute approximate surface area is 475 Å². The van der Waals surface area contributed by atoms with Crippen LogP contribution in [0.25, 0.3) is 0 Å². The molecular weight excluding hydrogens is 976 g/mol. The molecule has 0 rings (SSSR count). The van der Waals surface area contributed by atoms with Gasteiger partial charge in [-0.1, -0.05) is 253 Å². The fraction of sp³-hybridized carbons (Fsp3) is 0.731. The van der Waals surface area contributed by atoms with Crippen molar-refractivity contribution in [1.82, 2.24) is 5.32 Å². The van der Waals surface area contributed by atoms with Crippen molar-refractivity contribution in [2.24, 2.45) is 0 Å². The normalized spacial score (nSPS) is 14.3. The number of nitrogens with one attached hydrogen (secondary N) is 1. The highest BCUT2D eigenvalue weighted by atomic mass is 31.2. The highest BCUT2D eigenvalue weighted by Gasteiger charge is 2.30. The summed E-state index contributed by atoms with van der Waals surface area (Å²) in [4.78, 5) is 37.7. The molecule has 9 nitrogen and oxygen atoms in total. The van der Waals surface area contributed by atoms with Crippen molar-refractivity contribution in [3.63, 3.8) is 0 Å². The Kier molecular flexibility index (Phi) is 54.0. The van der Waals surface area contributed by atoms with Crippen molar-refractivity contribution in [1.29, 1.82) is 0 Å². The molecular formula is C67H120N2O7P+. The van der Waals surface area contributed by atoms with Gasteiger partial charge in [-0.05, 0) is 96.0 Å². The number of carbonyl (C=O) groups is 2. The van der Waals surface area contributed by atoms with Gasteiger partial charge in [0.15, 0.2) is 0 Å². The summed E-state index contributed by atoms with van der Waals surface area (Å²) in [6.07, 6.45) is 75.6. The molecule has 0 aliphatic carbocycles. The van der Waals surface area contributed by atoms with E-state index in [0.29, 0.717) is 17.4 Å². The van der Waals surface area contributed by atoms with E-state index >= 15 is 0 Å². The number of esters is 1. The van der Waals surface area contributed by atoms with Crippen LogP contribution < -0.4 is 5.32 Å². The van der Waals surface area contributed by atoms with Gasteiger partial charge >= 0.3 is 13.8 Å². The third-order valence-corrected chi connectivity index (χ3v) is 14.5. The van der Waals surface area contributed by atoms with Gasteiger partial charge in [-0.25, -0.2) is 4.57 Å². The van der Waals surface area contributed by atoms with Crippen LogP contribution in [0.15, 0.2) is 97.2 Å². The molecule has 1 amide bonds. The largest absolute Gasteiger partial charge is 0.472 e. The number of phosphoric acid groups is 1. The summed E-state index contributed by atoms with van der Waals surface area (Å²) in [5.41, 5.74) is 0. The summed E-state index contributed by atoms with van der Waals surface area (Å²) < 4.78 is 30.7. The highest BCUT2D eigenvalue weighted by molar-refractivity contribution is 7.47. The number of hydrogen-bond donors (Lipinski definition) is 2. The SMILES string of the molecule is CC/C=C\C/C=C\C/C=C\C/C=C\C/C=C\C/C=C\CCC(=O)NC(COP(=O)(O)OCC[N+](C)(C)C)C(/C=C/CCCCCCCCCCCCC)OC(=O)CCCCCCCCCCC/C=C/CCCCCCCC. The van der Waals surface area contributed by atoms with Gasteiger partial charge < -0.3 is 19.4 Å². The molecule has 2 N–H and O–H groups in total. The summed E-state index contributed by atoms with van der Waals surface area (Å²) in [5, 5.41) is 3.01. The molecule has 77 heavy (non-hydrogen) atoms. The van der Waals surface area contributed by atoms with Crippen molar-refractivity contribution >= 4 is 19.7 Å². The van der Waals surface area contributed by atoms with E-state index in [2.05, 4.69) is 105 Å². The average Bonchev–Trinajstić information content (AvgIpc) is 3.39. The van der Waals surface area contributed by atoms with Crippen LogP contribution in [-0.4, -0.2) is 74.3 Å². The number of phosphoric ester groups is 1. The molecule has 444 valence electrons. The van der Waals surface area contributed by atoms with E-state index in [4.69, 9.17) is 13.8 Å². The first-order valence-electron chi connectivity index (χ1n) is 31.6. The standard InChI is InChI=1S/C67H119N2O7P/c1-7-10-13-16-19-22-25-28-30-32-34-36-38-41-44-47-50-53-56-59-66(70)68-64(63-75-77(72,73)74-62-61-69(4,5)6)65(58-55-52-49-46-43-40-27-24-21-18-15-12-9-3)76-67(71)60-57-54-51-48-45-42-39-37-35-33-31-29-26-23-20-17-14-11-8-2/h10,13,19,22,28-31,34,36,41,44,50,53,55,58,64-65H,7-9,11-12,14-18,20-21,23-27,32-33,35,37-40,42-43,45-49,51-52,54,56-57,59-63H2,1-6H3,(H-,68,70,72,73)/p+1/b13-10-,22-19-,30-28-,31-29+,36-34-,44-41-,53-50-,58-55+. The number of nitrogens with zero attached hydrogens (tertiary/aromatic N) is 1. The predicted molar refractivity (Wildman–Crippen MR) is 332 cm³/mol. The third kappa shape index (κ3) is 57.4. The molecule has 10 heteroatoms. The lowest BCUT2D eigenvalue weighted by Crippen LogP contribution is -2.47. The molecule has 3 unspecified atom stereocenters. The van der Waals surface area contributed by atoms with Gasteiger partial charge in [0, 0.05) is 12.8 Å². The van der Waals surface area contributed by atoms with Gasteiger partial charge in [0.1, 0.15) is 19.3 Å². The number of hydrogen-bond acceptors (Lipinski definition) is 6. The van der Waals surface area contributed by atoms with Crippen molar-refractivity contribution in [3.05, 3.63) is 97.2 Å². The monoisotopic (exact) mass is 1100 g/mol. The zero-order valence-corrected chi connectivity index (χ0v) is 51.6. The van der Waals surface area contributed by atoms with Crippen LogP contribution in [0.3, 0.4) is 0 Å². The first kappa shape index (κ1) is 73.9. The van der Waals surface area contributed by atoms with E-state index in [1.54, 1.807) is 0 Å². The Hall–Kier alpha value is -3.07. The number of ether oxygens (including phenoxy) is 1. The summed E-state index contributed by atoms with van der Waals surface area (Å²) in [6.45, 7) is 6.84. The number of allylic oxidation sites excluding steroid dienone is 15. The Bertz CT molecular complexity index is 1640. The summed E-state index contributed by atoms with van der Waals surface area (Å²) in [7, 11) is 1.44. The number of amides is 1. The summed E-state index contributed by atoms with van der Waals surface area (Å²) >= 11 is 0. The molecule has 0 heterocycles. The fourth-order valence-corrected chi connectivity index (χ4v) is 9.40. The Morgan fingerprint density at radius 3 is 1.27 bits per heavy atom. The van der Waals surface area contributed by atoms with Crippen LogP contribution in [0.4, 0.5) is 0 Å². The maximum atomic E-state index is 13.5. The summed E-state index contributed by atoms with van der Waals surface area (Å²) in [5.74, 6) is -0.605. The number of carbonyl (C=O) groups excluding carboxylic acids is 2. The first-order chi connectivity index (χ1) is 37.4. The zero-order valence-electron chi connectivity index (χ0n) is 50.7. The molecule has 0 aromatic carbocycles. The smallest absolute Gasteiger partial charge is 0.456 e. The van der Waals surface area contributed by atoms with Crippen molar-refractivity contribution in [2.75, 3.05) is 40.9 Å². The van der Waals surface area contributed by atoms with Gasteiger partial charge in [0.2, 0.25) is 5.91 Å². The highest BCUT2D eigenvalue weighted by Crippen LogP contribution is 2.43. The Balaban J connectivity index is 5.39. The van der Waals surface area contributed by atoms with E-state index < -0.39 is 20.0 Å².